The molecule has 5 heteroatoms. The van der Waals surface area contributed by atoms with Crippen molar-refractivity contribution in [3.05, 3.63) is 0 Å². The number of hydrogen-bond donors (Lipinski definition) is 0. The summed E-state index contributed by atoms with van der Waals surface area (Å²) >= 11 is 1.66. The highest BCUT2D eigenvalue weighted by Gasteiger charge is 2.40. The van der Waals surface area contributed by atoms with Crippen LogP contribution in [0.1, 0.15) is 19.3 Å². The minimum atomic E-state index is -0.218. The van der Waals surface area contributed by atoms with Crippen LogP contribution in [0.4, 0.5) is 0 Å². The average Bonchev–Trinajstić information content (AvgIpc) is 2.70. The first-order chi connectivity index (χ1) is 8.12. The molecule has 2 fully saturated rings. The SMILES string of the molecule is CSC1(C#N)CCN(C2CCN(C)C2=O)CC1. The van der Waals surface area contributed by atoms with Crippen molar-refractivity contribution in [3.8, 4) is 6.07 Å². The van der Waals surface area contributed by atoms with Gasteiger partial charge < -0.3 is 4.90 Å². The van der Waals surface area contributed by atoms with Gasteiger partial charge in [0.05, 0.1) is 12.1 Å². The van der Waals surface area contributed by atoms with E-state index in [0.29, 0.717) is 0 Å². The summed E-state index contributed by atoms with van der Waals surface area (Å²) in [4.78, 5) is 16.0. The Bertz CT molecular complexity index is 344. The molecule has 0 aromatic heterocycles. The Morgan fingerprint density at radius 3 is 2.47 bits per heavy atom. The maximum absolute atomic E-state index is 11.9. The van der Waals surface area contributed by atoms with Gasteiger partial charge >= 0.3 is 0 Å². The summed E-state index contributed by atoms with van der Waals surface area (Å²) in [6.45, 7) is 2.61. The third-order valence-electron chi connectivity index (χ3n) is 4.04. The molecule has 2 aliphatic heterocycles. The number of likely N-dealkylation sites (tertiary alicyclic amines) is 2. The van der Waals surface area contributed by atoms with Crippen LogP contribution in [0.25, 0.3) is 0 Å². The van der Waals surface area contributed by atoms with E-state index in [1.165, 1.54) is 0 Å². The molecule has 2 heterocycles. The molecule has 17 heavy (non-hydrogen) atoms. The van der Waals surface area contributed by atoms with Crippen LogP contribution in [0, 0.1) is 11.3 Å². The van der Waals surface area contributed by atoms with Crippen molar-refractivity contribution in [2.75, 3.05) is 32.9 Å². The number of carbonyl (C=O) groups excluding carboxylic acids is 1. The summed E-state index contributed by atoms with van der Waals surface area (Å²) < 4.78 is -0.218. The molecule has 1 atom stereocenters. The van der Waals surface area contributed by atoms with Crippen LogP contribution >= 0.6 is 11.8 Å². The van der Waals surface area contributed by atoms with Crippen molar-refractivity contribution in [3.63, 3.8) is 0 Å². The van der Waals surface area contributed by atoms with E-state index in [4.69, 9.17) is 0 Å². The first-order valence-electron chi connectivity index (χ1n) is 6.07. The summed E-state index contributed by atoms with van der Waals surface area (Å²) in [5.41, 5.74) is 0. The standard InChI is InChI=1S/C12H19N3OS/c1-14-6-3-10(11(14)16)15-7-4-12(9-13,17-2)5-8-15/h10H,3-8H2,1-2H3. The Morgan fingerprint density at radius 2 is 2.06 bits per heavy atom. The zero-order chi connectivity index (χ0) is 12.5. The summed E-state index contributed by atoms with van der Waals surface area (Å²) in [5, 5.41) is 9.22. The van der Waals surface area contributed by atoms with E-state index >= 15 is 0 Å². The van der Waals surface area contributed by atoms with E-state index in [0.717, 1.165) is 38.9 Å². The molecule has 2 aliphatic rings. The molecule has 0 bridgehead atoms. The zero-order valence-electron chi connectivity index (χ0n) is 10.5. The summed E-state index contributed by atoms with van der Waals surface area (Å²) in [5.74, 6) is 0.249. The monoisotopic (exact) mass is 253 g/mol. The van der Waals surface area contributed by atoms with Gasteiger partial charge in [-0.15, -0.1) is 11.8 Å². The Hall–Kier alpha value is -0.730. The van der Waals surface area contributed by atoms with E-state index in [1.54, 1.807) is 11.8 Å². The molecule has 1 amide bonds. The first-order valence-corrected chi connectivity index (χ1v) is 7.30. The summed E-state index contributed by atoms with van der Waals surface area (Å²) in [7, 11) is 1.87. The Kier molecular flexibility index (Phi) is 3.64. The molecule has 0 aromatic carbocycles. The molecule has 4 nitrogen and oxygen atoms in total. The number of piperidine rings is 1. The Labute approximate surface area is 107 Å². The molecule has 0 aromatic rings. The van der Waals surface area contributed by atoms with E-state index < -0.39 is 0 Å². The maximum atomic E-state index is 11.9. The summed E-state index contributed by atoms with van der Waals surface area (Å²) in [6, 6.07) is 2.51. The highest BCUT2D eigenvalue weighted by Crippen LogP contribution is 2.35. The molecule has 0 aliphatic carbocycles. The Morgan fingerprint density at radius 1 is 1.41 bits per heavy atom. The molecular formula is C12H19N3OS. The second-order valence-electron chi connectivity index (χ2n) is 4.91. The van der Waals surface area contributed by atoms with Crippen molar-refractivity contribution in [1.29, 1.82) is 5.26 Å². The highest BCUT2D eigenvalue weighted by molar-refractivity contribution is 8.00. The van der Waals surface area contributed by atoms with Crippen LogP contribution < -0.4 is 0 Å². The number of carbonyl (C=O) groups is 1. The fraction of sp³-hybridized carbons (Fsp3) is 0.833. The fourth-order valence-electron chi connectivity index (χ4n) is 2.70. The number of hydrogen-bond acceptors (Lipinski definition) is 4. The minimum absolute atomic E-state index is 0.0681. The number of amides is 1. The molecule has 1 unspecified atom stereocenters. The molecule has 0 N–H and O–H groups in total. The predicted molar refractivity (Wildman–Crippen MR) is 68.7 cm³/mol. The third-order valence-corrected chi connectivity index (χ3v) is 5.32. The number of likely N-dealkylation sites (N-methyl/N-ethyl adjacent to an activating group) is 1. The van der Waals surface area contributed by atoms with Crippen LogP contribution in [-0.2, 0) is 4.79 Å². The second-order valence-corrected chi connectivity index (χ2v) is 6.10. The largest absolute Gasteiger partial charge is 0.344 e. The minimum Gasteiger partial charge on any atom is -0.344 e. The fourth-order valence-corrected chi connectivity index (χ4v) is 3.38. The van der Waals surface area contributed by atoms with Crippen LogP contribution in [-0.4, -0.2) is 59.4 Å². The van der Waals surface area contributed by atoms with Crippen LogP contribution in [0.15, 0.2) is 0 Å². The van der Waals surface area contributed by atoms with E-state index in [9.17, 15) is 10.1 Å². The van der Waals surface area contributed by atoms with Gasteiger partial charge in [0.1, 0.15) is 4.75 Å². The smallest absolute Gasteiger partial charge is 0.239 e. The quantitative estimate of drug-likeness (QED) is 0.735. The van der Waals surface area contributed by atoms with Crippen molar-refractivity contribution in [2.45, 2.75) is 30.1 Å². The van der Waals surface area contributed by atoms with Crippen molar-refractivity contribution in [1.82, 2.24) is 9.80 Å². The average molecular weight is 253 g/mol. The second kappa shape index (κ2) is 4.87. The number of nitrogens with zero attached hydrogens (tertiary/aromatic N) is 3. The van der Waals surface area contributed by atoms with Crippen molar-refractivity contribution < 1.29 is 4.79 Å². The van der Waals surface area contributed by atoms with Crippen molar-refractivity contribution >= 4 is 17.7 Å². The first kappa shape index (κ1) is 12.7. The molecule has 0 radical (unpaired) electrons. The third kappa shape index (κ3) is 2.29. The highest BCUT2D eigenvalue weighted by atomic mass is 32.2. The van der Waals surface area contributed by atoms with Gasteiger partial charge in [-0.25, -0.2) is 0 Å². The van der Waals surface area contributed by atoms with E-state index in [-0.39, 0.29) is 16.7 Å². The number of rotatable bonds is 2. The zero-order valence-corrected chi connectivity index (χ0v) is 11.3. The van der Waals surface area contributed by atoms with Gasteiger partial charge in [0.15, 0.2) is 0 Å². The number of nitriles is 1. The maximum Gasteiger partial charge on any atom is 0.239 e. The lowest BCUT2D eigenvalue weighted by Crippen LogP contribution is -2.48. The van der Waals surface area contributed by atoms with E-state index in [2.05, 4.69) is 11.0 Å². The molecule has 2 rings (SSSR count). The normalized spacial score (nSPS) is 29.4. The molecule has 0 spiro atoms. The van der Waals surface area contributed by atoms with Gasteiger partial charge in [-0.05, 0) is 25.5 Å². The molecular weight excluding hydrogens is 234 g/mol. The lowest BCUT2D eigenvalue weighted by molar-refractivity contribution is -0.131. The van der Waals surface area contributed by atoms with Gasteiger partial charge in [-0.2, -0.15) is 5.26 Å². The summed E-state index contributed by atoms with van der Waals surface area (Å²) in [6.07, 6.45) is 4.69. The predicted octanol–water partition coefficient (Wildman–Crippen LogP) is 0.938. The Balaban J connectivity index is 1.96. The van der Waals surface area contributed by atoms with Gasteiger partial charge in [0.2, 0.25) is 5.91 Å². The van der Waals surface area contributed by atoms with E-state index in [1.807, 2.05) is 18.2 Å². The molecule has 0 saturated carbocycles. The molecule has 2 saturated heterocycles. The lowest BCUT2D eigenvalue weighted by Gasteiger charge is -2.38. The topological polar surface area (TPSA) is 47.3 Å². The van der Waals surface area contributed by atoms with Gasteiger partial charge in [-0.3, -0.25) is 9.69 Å². The lowest BCUT2D eigenvalue weighted by atomic mass is 9.96. The van der Waals surface area contributed by atoms with Gasteiger partial charge in [-0.1, -0.05) is 0 Å². The van der Waals surface area contributed by atoms with Crippen LogP contribution in [0.2, 0.25) is 0 Å². The van der Waals surface area contributed by atoms with Crippen molar-refractivity contribution in [2.24, 2.45) is 0 Å². The van der Waals surface area contributed by atoms with Gasteiger partial charge in [0.25, 0.3) is 0 Å². The van der Waals surface area contributed by atoms with Crippen LogP contribution in [0.5, 0.6) is 0 Å². The van der Waals surface area contributed by atoms with Crippen LogP contribution in [0.3, 0.4) is 0 Å². The van der Waals surface area contributed by atoms with Gasteiger partial charge in [0, 0.05) is 26.7 Å². The number of thioether (sulfide) groups is 1. The molecule has 94 valence electrons.